The standard InChI is InChI=1S/C18H21N9O3/c19-16-17(24-30-23-16)27-15(14(21-25-27)11-26-7-2-1-3-8-26)18(29)22-20-10-12-5-4-6-13(28)9-12/h4-6,9-10,28H,1-3,7-8,11H2,(H2,19,23)(H,22,29). The van der Waals surface area contributed by atoms with Gasteiger partial charge in [0, 0.05) is 6.54 Å². The van der Waals surface area contributed by atoms with Crippen molar-refractivity contribution >= 4 is 17.9 Å². The first-order valence-corrected chi connectivity index (χ1v) is 9.49. The fourth-order valence-corrected chi connectivity index (χ4v) is 3.29. The minimum atomic E-state index is -0.536. The van der Waals surface area contributed by atoms with E-state index < -0.39 is 5.91 Å². The number of anilines is 1. The number of likely N-dealkylation sites (tertiary alicyclic amines) is 1. The van der Waals surface area contributed by atoms with Gasteiger partial charge in [-0.05, 0) is 53.9 Å². The van der Waals surface area contributed by atoms with Crippen LogP contribution in [0.1, 0.15) is 41.0 Å². The van der Waals surface area contributed by atoms with Gasteiger partial charge in [0.15, 0.2) is 5.69 Å². The quantitative estimate of drug-likeness (QED) is 0.391. The van der Waals surface area contributed by atoms with Crippen LogP contribution in [-0.4, -0.2) is 60.5 Å². The molecule has 1 aliphatic heterocycles. The highest BCUT2D eigenvalue weighted by Gasteiger charge is 2.26. The topological polar surface area (TPSA) is 161 Å². The zero-order valence-corrected chi connectivity index (χ0v) is 16.1. The Bertz CT molecular complexity index is 1050. The molecular formula is C18H21N9O3. The summed E-state index contributed by atoms with van der Waals surface area (Å²) in [5.74, 6) is -0.368. The van der Waals surface area contributed by atoms with Gasteiger partial charge in [0.1, 0.15) is 11.4 Å². The zero-order chi connectivity index (χ0) is 20.9. The summed E-state index contributed by atoms with van der Waals surface area (Å²) in [6.45, 7) is 2.32. The lowest BCUT2D eigenvalue weighted by Crippen LogP contribution is -2.31. The Morgan fingerprint density at radius 2 is 2.13 bits per heavy atom. The number of carbonyl (C=O) groups excluding carboxylic acids is 1. The van der Waals surface area contributed by atoms with E-state index in [0.717, 1.165) is 25.9 Å². The largest absolute Gasteiger partial charge is 0.508 e. The van der Waals surface area contributed by atoms with Gasteiger partial charge in [0.25, 0.3) is 5.91 Å². The molecule has 0 spiro atoms. The molecule has 156 valence electrons. The number of aromatic nitrogens is 5. The molecule has 0 bridgehead atoms. The maximum absolute atomic E-state index is 12.9. The highest BCUT2D eigenvalue weighted by atomic mass is 16.6. The molecule has 0 atom stereocenters. The average Bonchev–Trinajstić information content (AvgIpc) is 3.34. The smallest absolute Gasteiger partial charge is 0.292 e. The number of hydrogen-bond donors (Lipinski definition) is 3. The summed E-state index contributed by atoms with van der Waals surface area (Å²) >= 11 is 0. The summed E-state index contributed by atoms with van der Waals surface area (Å²) in [6.07, 6.45) is 4.82. The molecule has 1 amide bonds. The number of phenolic OH excluding ortho intramolecular Hbond substituents is 1. The summed E-state index contributed by atoms with van der Waals surface area (Å²) in [6, 6.07) is 6.48. The molecule has 0 unspecified atom stereocenters. The minimum Gasteiger partial charge on any atom is -0.508 e. The van der Waals surface area contributed by atoms with E-state index in [1.54, 1.807) is 18.2 Å². The van der Waals surface area contributed by atoms with Crippen molar-refractivity contribution in [2.24, 2.45) is 5.10 Å². The normalized spacial score (nSPS) is 14.9. The number of piperidine rings is 1. The van der Waals surface area contributed by atoms with E-state index in [1.165, 1.54) is 23.4 Å². The van der Waals surface area contributed by atoms with E-state index in [9.17, 15) is 9.90 Å². The summed E-state index contributed by atoms with van der Waals surface area (Å²) in [4.78, 5) is 15.2. The number of phenols is 1. The van der Waals surface area contributed by atoms with Gasteiger partial charge >= 0.3 is 0 Å². The molecule has 0 radical (unpaired) electrons. The second-order valence-corrected chi connectivity index (χ2v) is 6.90. The van der Waals surface area contributed by atoms with Gasteiger partial charge in [-0.1, -0.05) is 23.8 Å². The van der Waals surface area contributed by atoms with Crippen LogP contribution in [0.5, 0.6) is 5.75 Å². The molecular weight excluding hydrogens is 390 g/mol. The number of nitrogens with one attached hydrogen (secondary N) is 1. The average molecular weight is 411 g/mol. The first-order valence-electron chi connectivity index (χ1n) is 9.49. The Hall–Kier alpha value is -3.80. The van der Waals surface area contributed by atoms with Crippen molar-refractivity contribution in [3.05, 3.63) is 41.2 Å². The number of hydrogen-bond acceptors (Lipinski definition) is 10. The van der Waals surface area contributed by atoms with E-state index in [4.69, 9.17) is 5.73 Å². The van der Waals surface area contributed by atoms with Gasteiger partial charge in [-0.3, -0.25) is 9.69 Å². The molecule has 12 heteroatoms. The molecule has 1 aromatic carbocycles. The van der Waals surface area contributed by atoms with Crippen molar-refractivity contribution in [2.45, 2.75) is 25.8 Å². The molecule has 2 aromatic heterocycles. The maximum atomic E-state index is 12.9. The van der Waals surface area contributed by atoms with Gasteiger partial charge in [0.05, 0.1) is 6.21 Å². The molecule has 30 heavy (non-hydrogen) atoms. The molecule has 1 fully saturated rings. The Morgan fingerprint density at radius 3 is 2.87 bits per heavy atom. The van der Waals surface area contributed by atoms with Crippen LogP contribution in [0.2, 0.25) is 0 Å². The number of aromatic hydroxyl groups is 1. The van der Waals surface area contributed by atoms with Crippen molar-refractivity contribution in [3.8, 4) is 11.6 Å². The SMILES string of the molecule is Nc1nonc1-n1nnc(CN2CCCCC2)c1C(=O)NN=Cc1cccc(O)c1. The number of nitrogens with two attached hydrogens (primary N) is 1. The molecule has 3 heterocycles. The summed E-state index contributed by atoms with van der Waals surface area (Å²) in [5, 5.41) is 28.9. The zero-order valence-electron chi connectivity index (χ0n) is 16.1. The van der Waals surface area contributed by atoms with Crippen LogP contribution in [-0.2, 0) is 6.54 Å². The molecule has 3 aromatic rings. The third-order valence-corrected chi connectivity index (χ3v) is 4.72. The van der Waals surface area contributed by atoms with Crippen LogP contribution in [0.25, 0.3) is 5.82 Å². The van der Waals surface area contributed by atoms with Gasteiger partial charge in [-0.15, -0.1) is 5.10 Å². The molecule has 12 nitrogen and oxygen atoms in total. The van der Waals surface area contributed by atoms with Crippen molar-refractivity contribution in [3.63, 3.8) is 0 Å². The third-order valence-electron chi connectivity index (χ3n) is 4.72. The van der Waals surface area contributed by atoms with E-state index in [1.807, 2.05) is 0 Å². The second-order valence-electron chi connectivity index (χ2n) is 6.90. The second kappa shape index (κ2) is 8.69. The van der Waals surface area contributed by atoms with Crippen LogP contribution >= 0.6 is 0 Å². The van der Waals surface area contributed by atoms with E-state index in [-0.39, 0.29) is 23.1 Å². The van der Waals surface area contributed by atoms with Crippen LogP contribution in [0.15, 0.2) is 34.0 Å². The van der Waals surface area contributed by atoms with Gasteiger partial charge in [-0.2, -0.15) is 9.78 Å². The first-order chi connectivity index (χ1) is 14.6. The van der Waals surface area contributed by atoms with Crippen LogP contribution in [0.4, 0.5) is 5.82 Å². The molecule has 1 saturated heterocycles. The van der Waals surface area contributed by atoms with Gasteiger partial charge < -0.3 is 10.8 Å². The van der Waals surface area contributed by atoms with Crippen molar-refractivity contribution in [1.29, 1.82) is 0 Å². The number of amides is 1. The third kappa shape index (κ3) is 4.27. The van der Waals surface area contributed by atoms with Gasteiger partial charge in [-0.25, -0.2) is 10.1 Å². The summed E-state index contributed by atoms with van der Waals surface area (Å²) in [7, 11) is 0. The van der Waals surface area contributed by atoms with E-state index in [2.05, 4.69) is 40.7 Å². The first kappa shape index (κ1) is 19.5. The molecule has 0 aliphatic carbocycles. The van der Waals surface area contributed by atoms with Gasteiger partial charge in [0.2, 0.25) is 11.6 Å². The Kier molecular flexibility index (Phi) is 5.66. The number of benzene rings is 1. The maximum Gasteiger partial charge on any atom is 0.292 e. The Morgan fingerprint density at radius 1 is 1.30 bits per heavy atom. The highest BCUT2D eigenvalue weighted by Crippen LogP contribution is 2.19. The predicted octanol–water partition coefficient (Wildman–Crippen LogP) is 0.688. The number of nitrogens with zero attached hydrogens (tertiary/aromatic N) is 7. The molecule has 4 N–H and O–H groups in total. The number of rotatable bonds is 6. The number of hydrazone groups is 1. The lowest BCUT2D eigenvalue weighted by atomic mass is 10.1. The fourth-order valence-electron chi connectivity index (χ4n) is 3.29. The molecule has 0 saturated carbocycles. The predicted molar refractivity (Wildman–Crippen MR) is 106 cm³/mol. The minimum absolute atomic E-state index is 0.0123. The number of carbonyl (C=O) groups is 1. The van der Waals surface area contributed by atoms with Crippen molar-refractivity contribution < 1.29 is 14.5 Å². The van der Waals surface area contributed by atoms with Crippen LogP contribution in [0.3, 0.4) is 0 Å². The van der Waals surface area contributed by atoms with E-state index >= 15 is 0 Å². The van der Waals surface area contributed by atoms with Crippen molar-refractivity contribution in [1.82, 2.24) is 35.6 Å². The van der Waals surface area contributed by atoms with Crippen LogP contribution in [0, 0.1) is 0 Å². The highest BCUT2D eigenvalue weighted by molar-refractivity contribution is 5.95. The fraction of sp³-hybridized carbons (Fsp3) is 0.333. The van der Waals surface area contributed by atoms with Crippen LogP contribution < -0.4 is 11.2 Å². The number of nitrogen functional groups attached to an aromatic ring is 1. The lowest BCUT2D eigenvalue weighted by Gasteiger charge is -2.25. The summed E-state index contributed by atoms with van der Waals surface area (Å²) in [5.41, 5.74) is 9.49. The van der Waals surface area contributed by atoms with Crippen molar-refractivity contribution in [2.75, 3.05) is 18.8 Å². The monoisotopic (exact) mass is 411 g/mol. The molecule has 4 rings (SSSR count). The van der Waals surface area contributed by atoms with E-state index in [0.29, 0.717) is 17.8 Å². The lowest BCUT2D eigenvalue weighted by molar-refractivity contribution is 0.0944. The Labute approximate surface area is 171 Å². The Balaban J connectivity index is 1.59. The summed E-state index contributed by atoms with van der Waals surface area (Å²) < 4.78 is 5.83. The molecule has 1 aliphatic rings.